The zero-order valence-electron chi connectivity index (χ0n) is 12.6. The van der Waals surface area contributed by atoms with E-state index < -0.39 is 0 Å². The maximum absolute atomic E-state index is 13.2. The number of aliphatic hydroxyl groups is 1. The molecule has 0 saturated carbocycles. The number of β-amino-alcohol motifs (C(OH)–C–C–N with tert-alkyl or cyclic N) is 1. The van der Waals surface area contributed by atoms with Crippen molar-refractivity contribution in [2.75, 3.05) is 6.54 Å². The van der Waals surface area contributed by atoms with Crippen molar-refractivity contribution in [3.05, 3.63) is 71.9 Å². The third-order valence-corrected chi connectivity index (χ3v) is 4.51. The van der Waals surface area contributed by atoms with Crippen LogP contribution in [0, 0.1) is 5.82 Å². The van der Waals surface area contributed by atoms with Gasteiger partial charge in [-0.2, -0.15) is 0 Å². The minimum Gasteiger partial charge on any atom is -0.392 e. The summed E-state index contributed by atoms with van der Waals surface area (Å²) in [6.45, 7) is 1.33. The third kappa shape index (κ3) is 2.73. The van der Waals surface area contributed by atoms with E-state index in [0.29, 0.717) is 19.5 Å². The molecule has 2 atom stereocenters. The van der Waals surface area contributed by atoms with E-state index in [4.69, 9.17) is 0 Å². The summed E-state index contributed by atoms with van der Waals surface area (Å²) in [7, 11) is 0. The molecule has 5 heteroatoms. The normalized spacial score (nSPS) is 22.0. The van der Waals surface area contributed by atoms with Crippen LogP contribution < -0.4 is 0 Å². The summed E-state index contributed by atoms with van der Waals surface area (Å²) < 4.78 is 15.2. The highest BCUT2D eigenvalue weighted by atomic mass is 19.1. The fourth-order valence-corrected chi connectivity index (χ4v) is 3.43. The van der Waals surface area contributed by atoms with E-state index in [1.54, 1.807) is 6.20 Å². The molecule has 23 heavy (non-hydrogen) atoms. The Morgan fingerprint density at radius 1 is 1.17 bits per heavy atom. The first-order valence-electron chi connectivity index (χ1n) is 7.79. The molecule has 1 aliphatic rings. The molecule has 0 radical (unpaired) electrons. The molecule has 1 fully saturated rings. The van der Waals surface area contributed by atoms with Crippen molar-refractivity contribution < 1.29 is 9.50 Å². The Labute approximate surface area is 133 Å². The van der Waals surface area contributed by atoms with Crippen LogP contribution in [0.2, 0.25) is 0 Å². The lowest BCUT2D eigenvalue weighted by Gasteiger charge is -2.25. The minimum atomic E-state index is -0.355. The van der Waals surface area contributed by atoms with E-state index in [2.05, 4.69) is 20.4 Å². The van der Waals surface area contributed by atoms with E-state index in [0.717, 1.165) is 16.9 Å². The molecule has 1 saturated heterocycles. The number of pyridine rings is 1. The summed E-state index contributed by atoms with van der Waals surface area (Å²) >= 11 is 0. The van der Waals surface area contributed by atoms with Crippen LogP contribution in [0.4, 0.5) is 4.39 Å². The maximum atomic E-state index is 13.2. The van der Waals surface area contributed by atoms with Crippen LogP contribution >= 0.6 is 0 Å². The lowest BCUT2D eigenvalue weighted by atomic mass is 10.0. The number of aromatic nitrogens is 2. The van der Waals surface area contributed by atoms with Crippen molar-refractivity contribution in [3.63, 3.8) is 0 Å². The van der Waals surface area contributed by atoms with Crippen LogP contribution in [0.5, 0.6) is 0 Å². The van der Waals surface area contributed by atoms with Gasteiger partial charge in [0.15, 0.2) is 0 Å². The average molecular weight is 311 g/mol. The number of hydrogen-bond donors (Lipinski definition) is 1. The highest BCUT2D eigenvalue weighted by molar-refractivity contribution is 5.39. The molecular weight excluding hydrogens is 293 g/mol. The second kappa shape index (κ2) is 5.76. The average Bonchev–Trinajstić information content (AvgIpc) is 3.15. The van der Waals surface area contributed by atoms with Gasteiger partial charge in [-0.25, -0.2) is 9.37 Å². The van der Waals surface area contributed by atoms with Crippen LogP contribution in [0.3, 0.4) is 0 Å². The lowest BCUT2D eigenvalue weighted by Crippen LogP contribution is -2.25. The topological polar surface area (TPSA) is 40.8 Å². The Balaban J connectivity index is 1.64. The first-order chi connectivity index (χ1) is 11.2. The van der Waals surface area contributed by atoms with Gasteiger partial charge in [0.1, 0.15) is 11.5 Å². The fourth-order valence-electron chi connectivity index (χ4n) is 3.43. The summed E-state index contributed by atoms with van der Waals surface area (Å²) in [5.74, 6) is -0.234. The molecule has 1 aromatic carbocycles. The Hall–Kier alpha value is -2.24. The number of imidazole rings is 1. The molecule has 1 aliphatic heterocycles. The van der Waals surface area contributed by atoms with Gasteiger partial charge in [0, 0.05) is 37.2 Å². The molecule has 3 aromatic rings. The van der Waals surface area contributed by atoms with Gasteiger partial charge in [0.2, 0.25) is 0 Å². The molecule has 118 valence electrons. The first kappa shape index (κ1) is 14.4. The van der Waals surface area contributed by atoms with Crippen molar-refractivity contribution in [2.45, 2.75) is 25.1 Å². The standard InChI is InChI=1S/C18H18FN3O/c19-14-6-4-13(5-7-14)17-10-16(23)12-21(17)11-15-2-1-3-18-20-8-9-22(15)18/h1-9,16-17,23H,10-12H2. The number of halogens is 1. The Morgan fingerprint density at radius 2 is 2.00 bits per heavy atom. The summed E-state index contributed by atoms with van der Waals surface area (Å²) in [6, 6.07) is 12.7. The number of nitrogens with zero attached hydrogens (tertiary/aromatic N) is 3. The van der Waals surface area contributed by atoms with Crippen LogP contribution in [0.15, 0.2) is 54.9 Å². The predicted octanol–water partition coefficient (Wildman–Crippen LogP) is 2.78. The van der Waals surface area contributed by atoms with E-state index in [1.807, 2.05) is 30.5 Å². The van der Waals surface area contributed by atoms with Gasteiger partial charge in [-0.15, -0.1) is 0 Å². The zero-order chi connectivity index (χ0) is 15.8. The molecule has 0 aliphatic carbocycles. The highest BCUT2D eigenvalue weighted by Crippen LogP contribution is 2.33. The maximum Gasteiger partial charge on any atom is 0.136 e. The Kier molecular flexibility index (Phi) is 3.59. The molecule has 0 bridgehead atoms. The Morgan fingerprint density at radius 3 is 2.83 bits per heavy atom. The fraction of sp³-hybridized carbons (Fsp3) is 0.278. The van der Waals surface area contributed by atoms with Crippen molar-refractivity contribution >= 4 is 5.65 Å². The van der Waals surface area contributed by atoms with Crippen LogP contribution in [0.1, 0.15) is 23.7 Å². The van der Waals surface area contributed by atoms with Gasteiger partial charge in [0.05, 0.1) is 6.10 Å². The molecular formula is C18H18FN3O. The SMILES string of the molecule is OC1CC(c2ccc(F)cc2)N(Cc2cccc3nccn23)C1. The summed E-state index contributed by atoms with van der Waals surface area (Å²) in [4.78, 5) is 6.55. The predicted molar refractivity (Wildman–Crippen MR) is 85.4 cm³/mol. The third-order valence-electron chi connectivity index (χ3n) is 4.51. The molecule has 2 aromatic heterocycles. The number of benzene rings is 1. The van der Waals surface area contributed by atoms with Crippen LogP contribution in [-0.4, -0.2) is 32.0 Å². The van der Waals surface area contributed by atoms with Gasteiger partial charge in [-0.3, -0.25) is 4.90 Å². The largest absolute Gasteiger partial charge is 0.392 e. The Bertz CT molecular complexity index is 815. The van der Waals surface area contributed by atoms with Crippen LogP contribution in [-0.2, 0) is 6.54 Å². The van der Waals surface area contributed by atoms with Gasteiger partial charge >= 0.3 is 0 Å². The minimum absolute atomic E-state index is 0.101. The second-order valence-electron chi connectivity index (χ2n) is 6.06. The molecule has 0 amide bonds. The van der Waals surface area contributed by atoms with Crippen molar-refractivity contribution in [3.8, 4) is 0 Å². The smallest absolute Gasteiger partial charge is 0.136 e. The van der Waals surface area contributed by atoms with Gasteiger partial charge in [-0.05, 0) is 36.2 Å². The molecule has 4 rings (SSSR count). The highest BCUT2D eigenvalue weighted by Gasteiger charge is 2.32. The zero-order valence-corrected chi connectivity index (χ0v) is 12.6. The van der Waals surface area contributed by atoms with Crippen LogP contribution in [0.25, 0.3) is 5.65 Å². The van der Waals surface area contributed by atoms with Crippen molar-refractivity contribution in [1.82, 2.24) is 14.3 Å². The molecule has 1 N–H and O–H groups in total. The van der Waals surface area contributed by atoms with Crippen molar-refractivity contribution in [2.24, 2.45) is 0 Å². The number of rotatable bonds is 3. The molecule has 0 spiro atoms. The quantitative estimate of drug-likeness (QED) is 0.808. The molecule has 3 heterocycles. The summed E-state index contributed by atoms with van der Waals surface area (Å²) in [5.41, 5.74) is 3.09. The second-order valence-corrected chi connectivity index (χ2v) is 6.06. The number of hydrogen-bond acceptors (Lipinski definition) is 3. The number of aliphatic hydroxyl groups excluding tert-OH is 1. The number of likely N-dealkylation sites (tertiary alicyclic amines) is 1. The van der Waals surface area contributed by atoms with Gasteiger partial charge < -0.3 is 9.51 Å². The van der Waals surface area contributed by atoms with Gasteiger partial charge in [0.25, 0.3) is 0 Å². The van der Waals surface area contributed by atoms with E-state index in [9.17, 15) is 9.50 Å². The summed E-state index contributed by atoms with van der Waals surface area (Å²) in [6.07, 6.45) is 4.05. The first-order valence-corrected chi connectivity index (χ1v) is 7.79. The molecule has 4 nitrogen and oxygen atoms in total. The van der Waals surface area contributed by atoms with Gasteiger partial charge in [-0.1, -0.05) is 18.2 Å². The van der Waals surface area contributed by atoms with E-state index >= 15 is 0 Å². The van der Waals surface area contributed by atoms with Crippen molar-refractivity contribution in [1.29, 1.82) is 0 Å². The monoisotopic (exact) mass is 311 g/mol. The summed E-state index contributed by atoms with van der Waals surface area (Å²) in [5, 5.41) is 10.1. The van der Waals surface area contributed by atoms with E-state index in [-0.39, 0.29) is 18.0 Å². The molecule has 2 unspecified atom stereocenters. The number of fused-ring (bicyclic) bond motifs is 1. The lowest BCUT2D eigenvalue weighted by molar-refractivity contribution is 0.172. The van der Waals surface area contributed by atoms with E-state index in [1.165, 1.54) is 12.1 Å².